The molecule has 2 unspecified atom stereocenters. The first-order chi connectivity index (χ1) is 12.0. The smallest absolute Gasteiger partial charge is 0.312 e. The monoisotopic (exact) mass is 371 g/mol. The molecule has 0 rings (SSSR count). The molecule has 0 heterocycles. The van der Waals surface area contributed by atoms with Crippen LogP contribution in [-0.4, -0.2) is 37.7 Å². The van der Waals surface area contributed by atoms with Gasteiger partial charge in [0.1, 0.15) is 12.7 Å². The van der Waals surface area contributed by atoms with Gasteiger partial charge in [0.05, 0.1) is 12.0 Å². The van der Waals surface area contributed by atoms with Crippen LogP contribution in [0.5, 0.6) is 0 Å². The van der Waals surface area contributed by atoms with E-state index in [2.05, 4.69) is 33.0 Å². The number of hydrogen-bond donors (Lipinski definition) is 1. The molecule has 0 radical (unpaired) electrons. The minimum atomic E-state index is -0.530. The summed E-state index contributed by atoms with van der Waals surface area (Å²) in [5, 5.41) is 2.80. The SMILES string of the molecule is CCCCOC(CC)C(=O)NCCOC(=O)C(C)(CC(C)(C)C)C(C)C. The molecule has 0 fully saturated rings. The molecule has 26 heavy (non-hydrogen) atoms. The van der Waals surface area contributed by atoms with E-state index >= 15 is 0 Å². The van der Waals surface area contributed by atoms with Gasteiger partial charge in [0.25, 0.3) is 0 Å². The summed E-state index contributed by atoms with van der Waals surface area (Å²) < 4.78 is 11.1. The van der Waals surface area contributed by atoms with Gasteiger partial charge in [-0.15, -0.1) is 0 Å². The van der Waals surface area contributed by atoms with Crippen LogP contribution >= 0.6 is 0 Å². The summed E-state index contributed by atoms with van der Waals surface area (Å²) in [5.74, 6) is -0.149. The summed E-state index contributed by atoms with van der Waals surface area (Å²) in [4.78, 5) is 24.8. The highest BCUT2D eigenvalue weighted by atomic mass is 16.5. The third-order valence-electron chi connectivity index (χ3n) is 4.75. The van der Waals surface area contributed by atoms with Gasteiger partial charge in [-0.2, -0.15) is 0 Å². The summed E-state index contributed by atoms with van der Waals surface area (Å²) in [7, 11) is 0. The Morgan fingerprint density at radius 2 is 1.65 bits per heavy atom. The standard InChI is InChI=1S/C21H41NO4/c1-9-11-13-25-17(10-2)18(23)22-12-14-26-19(24)21(8,16(3)4)15-20(5,6)7/h16-17H,9-15H2,1-8H3,(H,22,23). The van der Waals surface area contributed by atoms with Gasteiger partial charge in [-0.1, -0.05) is 54.9 Å². The molecule has 0 saturated carbocycles. The molecule has 0 spiro atoms. The Kier molecular flexibility index (Phi) is 11.1. The summed E-state index contributed by atoms with van der Waals surface area (Å²) in [6.45, 7) is 17.6. The van der Waals surface area contributed by atoms with E-state index < -0.39 is 11.5 Å². The normalized spacial score (nSPS) is 15.4. The molecule has 5 nitrogen and oxygen atoms in total. The molecule has 0 aromatic heterocycles. The zero-order valence-electron chi connectivity index (χ0n) is 18.2. The predicted octanol–water partition coefficient (Wildman–Crippen LogP) is 4.34. The predicted molar refractivity (Wildman–Crippen MR) is 106 cm³/mol. The van der Waals surface area contributed by atoms with Crippen molar-refractivity contribution in [1.29, 1.82) is 0 Å². The quantitative estimate of drug-likeness (QED) is 0.409. The van der Waals surface area contributed by atoms with Crippen molar-refractivity contribution in [3.8, 4) is 0 Å². The average Bonchev–Trinajstić information content (AvgIpc) is 2.53. The van der Waals surface area contributed by atoms with Gasteiger partial charge in [0.15, 0.2) is 0 Å². The number of hydrogen-bond acceptors (Lipinski definition) is 4. The number of nitrogens with one attached hydrogen (secondary N) is 1. The van der Waals surface area contributed by atoms with Crippen molar-refractivity contribution in [2.24, 2.45) is 16.7 Å². The largest absolute Gasteiger partial charge is 0.463 e. The van der Waals surface area contributed by atoms with E-state index in [4.69, 9.17) is 9.47 Å². The van der Waals surface area contributed by atoms with E-state index in [0.29, 0.717) is 19.6 Å². The number of amides is 1. The number of esters is 1. The fourth-order valence-corrected chi connectivity index (χ4v) is 2.96. The highest BCUT2D eigenvalue weighted by molar-refractivity contribution is 5.80. The Morgan fingerprint density at radius 3 is 2.12 bits per heavy atom. The Bertz CT molecular complexity index is 428. The van der Waals surface area contributed by atoms with Crippen molar-refractivity contribution in [3.05, 3.63) is 0 Å². The van der Waals surface area contributed by atoms with Crippen LogP contribution in [0.3, 0.4) is 0 Å². The highest BCUT2D eigenvalue weighted by Crippen LogP contribution is 2.40. The van der Waals surface area contributed by atoms with E-state index in [0.717, 1.165) is 19.3 Å². The number of ether oxygens (including phenoxy) is 2. The molecule has 1 amide bonds. The van der Waals surface area contributed by atoms with Gasteiger partial charge in [0.2, 0.25) is 5.91 Å². The summed E-state index contributed by atoms with van der Waals surface area (Å²) in [5.41, 5.74) is -0.492. The summed E-state index contributed by atoms with van der Waals surface area (Å²) >= 11 is 0. The molecule has 0 aliphatic heterocycles. The van der Waals surface area contributed by atoms with Gasteiger partial charge in [-0.25, -0.2) is 0 Å². The Hall–Kier alpha value is -1.10. The van der Waals surface area contributed by atoms with Crippen LogP contribution in [0.4, 0.5) is 0 Å². The maximum Gasteiger partial charge on any atom is 0.312 e. The van der Waals surface area contributed by atoms with Gasteiger partial charge in [-0.05, 0) is 37.5 Å². The molecule has 0 aliphatic carbocycles. The highest BCUT2D eigenvalue weighted by Gasteiger charge is 2.41. The molecule has 0 aromatic carbocycles. The lowest BCUT2D eigenvalue weighted by atomic mass is 9.69. The number of unbranched alkanes of at least 4 members (excludes halogenated alkanes) is 1. The van der Waals surface area contributed by atoms with Crippen LogP contribution in [0.1, 0.15) is 81.1 Å². The first-order valence-corrected chi connectivity index (χ1v) is 10.0. The molecule has 0 aromatic rings. The Balaban J connectivity index is 4.43. The van der Waals surface area contributed by atoms with Crippen molar-refractivity contribution >= 4 is 11.9 Å². The maximum atomic E-state index is 12.6. The zero-order chi connectivity index (χ0) is 20.4. The summed E-state index contributed by atoms with van der Waals surface area (Å²) in [6, 6.07) is 0. The number of rotatable bonds is 12. The topological polar surface area (TPSA) is 64.6 Å². The molecular formula is C21H41NO4. The minimum Gasteiger partial charge on any atom is -0.463 e. The van der Waals surface area contributed by atoms with Crippen LogP contribution in [0.2, 0.25) is 0 Å². The van der Waals surface area contributed by atoms with Crippen LogP contribution in [0.25, 0.3) is 0 Å². The van der Waals surface area contributed by atoms with Gasteiger partial charge in [0, 0.05) is 6.61 Å². The van der Waals surface area contributed by atoms with E-state index in [1.54, 1.807) is 0 Å². The van der Waals surface area contributed by atoms with Crippen molar-refractivity contribution < 1.29 is 19.1 Å². The molecule has 0 bridgehead atoms. The average molecular weight is 372 g/mol. The Labute approximate surface area is 160 Å². The van der Waals surface area contributed by atoms with Crippen molar-refractivity contribution in [1.82, 2.24) is 5.32 Å². The summed E-state index contributed by atoms with van der Waals surface area (Å²) in [6.07, 6.45) is 2.94. The van der Waals surface area contributed by atoms with E-state index in [1.165, 1.54) is 0 Å². The second kappa shape index (κ2) is 11.6. The van der Waals surface area contributed by atoms with Crippen LogP contribution in [-0.2, 0) is 19.1 Å². The molecule has 0 aliphatic rings. The minimum absolute atomic E-state index is 0.0381. The van der Waals surface area contributed by atoms with Crippen LogP contribution < -0.4 is 5.32 Å². The third kappa shape index (κ3) is 9.02. The van der Waals surface area contributed by atoms with Gasteiger partial charge in [-0.3, -0.25) is 9.59 Å². The van der Waals surface area contributed by atoms with E-state index in [9.17, 15) is 9.59 Å². The number of carbonyl (C=O) groups is 2. The lowest BCUT2D eigenvalue weighted by Gasteiger charge is -2.36. The van der Waals surface area contributed by atoms with Gasteiger partial charge < -0.3 is 14.8 Å². The molecular weight excluding hydrogens is 330 g/mol. The fraction of sp³-hybridized carbons (Fsp3) is 0.905. The zero-order valence-corrected chi connectivity index (χ0v) is 18.2. The Morgan fingerprint density at radius 1 is 1.04 bits per heavy atom. The van der Waals surface area contributed by atoms with Gasteiger partial charge >= 0.3 is 5.97 Å². The second-order valence-corrected chi connectivity index (χ2v) is 8.86. The first kappa shape index (κ1) is 24.9. The molecule has 5 heteroatoms. The van der Waals surface area contributed by atoms with Crippen LogP contribution in [0, 0.1) is 16.7 Å². The second-order valence-electron chi connectivity index (χ2n) is 8.86. The lowest BCUT2D eigenvalue weighted by molar-refractivity contribution is -0.160. The molecule has 1 N–H and O–H groups in total. The fourth-order valence-electron chi connectivity index (χ4n) is 2.96. The van der Waals surface area contributed by atoms with Crippen LogP contribution in [0.15, 0.2) is 0 Å². The molecule has 0 saturated heterocycles. The number of carbonyl (C=O) groups excluding carboxylic acids is 2. The van der Waals surface area contributed by atoms with Crippen molar-refractivity contribution in [2.75, 3.05) is 19.8 Å². The van der Waals surface area contributed by atoms with E-state index in [1.807, 2.05) is 27.7 Å². The van der Waals surface area contributed by atoms with Crippen molar-refractivity contribution in [3.63, 3.8) is 0 Å². The first-order valence-electron chi connectivity index (χ1n) is 10.0. The molecule has 2 atom stereocenters. The molecule has 154 valence electrons. The third-order valence-corrected chi connectivity index (χ3v) is 4.75. The van der Waals surface area contributed by atoms with E-state index in [-0.39, 0.29) is 29.8 Å². The van der Waals surface area contributed by atoms with Crippen molar-refractivity contribution in [2.45, 2.75) is 87.2 Å². The lowest BCUT2D eigenvalue weighted by Crippen LogP contribution is -2.41. The maximum absolute atomic E-state index is 12.6.